The van der Waals surface area contributed by atoms with Gasteiger partial charge in [-0.05, 0) is 65.5 Å². The Morgan fingerprint density at radius 1 is 1.00 bits per heavy atom. The summed E-state index contributed by atoms with van der Waals surface area (Å²) in [7, 11) is 1.41. The van der Waals surface area contributed by atoms with Crippen LogP contribution in [0.3, 0.4) is 0 Å². The highest BCUT2D eigenvalue weighted by molar-refractivity contribution is 7.99. The molecule has 0 saturated carbocycles. The van der Waals surface area contributed by atoms with Gasteiger partial charge in [-0.25, -0.2) is 9.78 Å². The Kier molecular flexibility index (Phi) is 13.1. The molecule has 0 spiro atoms. The van der Waals surface area contributed by atoms with E-state index in [1.165, 1.54) is 23.8 Å². The SMILES string of the molecule is COOCNC(=O)c1ccccc1SCC=C(C)CCC=C(C)CCC=C(C)C. The maximum absolute atomic E-state index is 12.3. The van der Waals surface area contributed by atoms with Crippen molar-refractivity contribution in [3.8, 4) is 0 Å². The fourth-order valence-electron chi connectivity index (χ4n) is 2.64. The summed E-state index contributed by atoms with van der Waals surface area (Å²) in [6.07, 6.45) is 11.3. The van der Waals surface area contributed by atoms with Gasteiger partial charge < -0.3 is 5.32 Å². The number of hydrogen-bond acceptors (Lipinski definition) is 4. The molecular formula is C24H35NO3S. The first kappa shape index (κ1) is 25.2. The number of nitrogens with one attached hydrogen (secondary N) is 1. The molecule has 160 valence electrons. The van der Waals surface area contributed by atoms with Crippen LogP contribution in [0.4, 0.5) is 0 Å². The third-order valence-corrected chi connectivity index (χ3v) is 5.33. The number of thioether (sulfide) groups is 1. The highest BCUT2D eigenvalue weighted by atomic mass is 32.2. The summed E-state index contributed by atoms with van der Waals surface area (Å²) < 4.78 is 0. The zero-order valence-corrected chi connectivity index (χ0v) is 19.2. The van der Waals surface area contributed by atoms with Gasteiger partial charge in [-0.1, -0.05) is 47.1 Å². The predicted octanol–water partition coefficient (Wildman–Crippen LogP) is 6.46. The van der Waals surface area contributed by atoms with Gasteiger partial charge in [0.15, 0.2) is 6.73 Å². The van der Waals surface area contributed by atoms with Gasteiger partial charge in [0.05, 0.1) is 12.7 Å². The van der Waals surface area contributed by atoms with E-state index in [9.17, 15) is 4.79 Å². The van der Waals surface area contributed by atoms with Crippen molar-refractivity contribution >= 4 is 17.7 Å². The number of hydrogen-bond donors (Lipinski definition) is 1. The molecule has 1 aromatic carbocycles. The van der Waals surface area contributed by atoms with Crippen molar-refractivity contribution in [2.24, 2.45) is 0 Å². The summed E-state index contributed by atoms with van der Waals surface area (Å²) in [5.41, 5.74) is 4.87. The van der Waals surface area contributed by atoms with Crippen LogP contribution < -0.4 is 5.32 Å². The second-order valence-electron chi connectivity index (χ2n) is 7.20. The Morgan fingerprint density at radius 2 is 1.66 bits per heavy atom. The lowest BCUT2D eigenvalue weighted by Crippen LogP contribution is -2.26. The minimum absolute atomic E-state index is 0.0224. The highest BCUT2D eigenvalue weighted by Crippen LogP contribution is 2.23. The zero-order chi connectivity index (χ0) is 21.5. The van der Waals surface area contributed by atoms with Gasteiger partial charge in [-0.3, -0.25) is 4.79 Å². The van der Waals surface area contributed by atoms with Crippen LogP contribution in [0.25, 0.3) is 0 Å². The Hall–Kier alpha value is -1.82. The predicted molar refractivity (Wildman–Crippen MR) is 123 cm³/mol. The van der Waals surface area contributed by atoms with Gasteiger partial charge in [-0.2, -0.15) is 0 Å². The van der Waals surface area contributed by atoms with Crippen LogP contribution in [-0.4, -0.2) is 25.5 Å². The van der Waals surface area contributed by atoms with Crippen molar-refractivity contribution in [2.75, 3.05) is 19.6 Å². The van der Waals surface area contributed by atoms with Gasteiger partial charge in [0.25, 0.3) is 5.91 Å². The fraction of sp³-hybridized carbons (Fsp3) is 0.458. The average Bonchev–Trinajstić information content (AvgIpc) is 2.68. The minimum Gasteiger partial charge on any atom is -0.326 e. The second-order valence-corrected chi connectivity index (χ2v) is 8.26. The molecule has 0 saturated heterocycles. The number of carbonyl (C=O) groups is 1. The number of rotatable bonds is 13. The standard InChI is InChI=1S/C24H35NO3S/c1-19(2)10-8-11-20(3)12-9-13-21(4)16-17-29-23-15-7-6-14-22(23)24(26)25-18-28-27-5/h6-7,10,12,14-16H,8-9,11,13,17-18H2,1-5H3,(H,25,26). The topological polar surface area (TPSA) is 47.6 Å². The van der Waals surface area contributed by atoms with Crippen LogP contribution in [0.5, 0.6) is 0 Å². The number of amides is 1. The molecule has 0 aliphatic carbocycles. The lowest BCUT2D eigenvalue weighted by molar-refractivity contribution is -0.274. The molecule has 0 aliphatic rings. The third kappa shape index (κ3) is 11.7. The van der Waals surface area contributed by atoms with Crippen molar-refractivity contribution in [2.45, 2.75) is 58.3 Å². The summed E-state index contributed by atoms with van der Waals surface area (Å²) in [4.78, 5) is 22.4. The van der Waals surface area contributed by atoms with E-state index in [-0.39, 0.29) is 12.6 Å². The van der Waals surface area contributed by atoms with Crippen molar-refractivity contribution in [3.63, 3.8) is 0 Å². The first-order chi connectivity index (χ1) is 13.9. The lowest BCUT2D eigenvalue weighted by atomic mass is 10.1. The van der Waals surface area contributed by atoms with E-state index in [2.05, 4.69) is 56.1 Å². The number of benzene rings is 1. The number of carbonyl (C=O) groups excluding carboxylic acids is 1. The largest absolute Gasteiger partial charge is 0.326 e. The molecule has 0 unspecified atom stereocenters. The van der Waals surface area contributed by atoms with E-state index >= 15 is 0 Å². The van der Waals surface area contributed by atoms with E-state index in [0.29, 0.717) is 5.56 Å². The molecule has 5 heteroatoms. The van der Waals surface area contributed by atoms with E-state index < -0.39 is 0 Å². The zero-order valence-electron chi connectivity index (χ0n) is 18.4. The minimum atomic E-state index is -0.167. The molecule has 0 heterocycles. The van der Waals surface area contributed by atoms with Gasteiger partial charge >= 0.3 is 0 Å². The Labute approximate surface area is 180 Å². The second kappa shape index (κ2) is 15.1. The normalized spacial score (nSPS) is 12.0. The molecule has 29 heavy (non-hydrogen) atoms. The molecule has 0 fully saturated rings. The van der Waals surface area contributed by atoms with E-state index in [1.807, 2.05) is 24.3 Å². The van der Waals surface area contributed by atoms with Crippen molar-refractivity contribution in [3.05, 3.63) is 64.8 Å². The van der Waals surface area contributed by atoms with E-state index in [0.717, 1.165) is 36.3 Å². The molecule has 0 bridgehead atoms. The van der Waals surface area contributed by atoms with Gasteiger partial charge in [-0.15, -0.1) is 11.8 Å². The molecule has 1 rings (SSSR count). The van der Waals surface area contributed by atoms with E-state index in [1.54, 1.807) is 11.8 Å². The van der Waals surface area contributed by atoms with Crippen LogP contribution in [-0.2, 0) is 9.78 Å². The first-order valence-corrected chi connectivity index (χ1v) is 11.0. The smallest absolute Gasteiger partial charge is 0.254 e. The summed E-state index contributed by atoms with van der Waals surface area (Å²) in [6, 6.07) is 7.61. The van der Waals surface area contributed by atoms with Crippen LogP contribution in [0.1, 0.15) is 63.7 Å². The molecule has 4 nitrogen and oxygen atoms in total. The molecule has 1 aromatic rings. The average molecular weight is 418 g/mol. The van der Waals surface area contributed by atoms with Gasteiger partial charge in [0.2, 0.25) is 0 Å². The Bertz CT molecular complexity index is 719. The summed E-state index contributed by atoms with van der Waals surface area (Å²) in [5, 5.41) is 2.67. The van der Waals surface area contributed by atoms with Gasteiger partial charge in [0.1, 0.15) is 0 Å². The maximum Gasteiger partial charge on any atom is 0.254 e. The summed E-state index contributed by atoms with van der Waals surface area (Å²) in [5.74, 6) is 0.674. The third-order valence-electron chi connectivity index (χ3n) is 4.33. The highest BCUT2D eigenvalue weighted by Gasteiger charge is 2.10. The van der Waals surface area contributed by atoms with Crippen LogP contribution in [0.15, 0.2) is 64.1 Å². The van der Waals surface area contributed by atoms with Crippen molar-refractivity contribution in [1.29, 1.82) is 0 Å². The summed E-state index contributed by atoms with van der Waals surface area (Å²) in [6.45, 7) is 8.70. The molecule has 0 aliphatic heterocycles. The van der Waals surface area contributed by atoms with Crippen LogP contribution >= 0.6 is 11.8 Å². The Morgan fingerprint density at radius 3 is 2.34 bits per heavy atom. The van der Waals surface area contributed by atoms with Crippen LogP contribution in [0, 0.1) is 0 Å². The fourth-order valence-corrected chi connectivity index (χ4v) is 3.68. The molecular weight excluding hydrogens is 382 g/mol. The molecule has 1 N–H and O–H groups in total. The molecule has 1 amide bonds. The molecule has 0 atom stereocenters. The first-order valence-electron chi connectivity index (χ1n) is 10.0. The van der Waals surface area contributed by atoms with Crippen LogP contribution in [0.2, 0.25) is 0 Å². The molecule has 0 aromatic heterocycles. The van der Waals surface area contributed by atoms with Crippen molar-refractivity contribution < 1.29 is 14.6 Å². The molecule has 0 radical (unpaired) electrons. The monoisotopic (exact) mass is 417 g/mol. The van der Waals surface area contributed by atoms with E-state index in [4.69, 9.17) is 4.89 Å². The Balaban J connectivity index is 2.46. The lowest BCUT2D eigenvalue weighted by Gasteiger charge is -2.09. The summed E-state index contributed by atoms with van der Waals surface area (Å²) >= 11 is 1.67. The van der Waals surface area contributed by atoms with Gasteiger partial charge in [0, 0.05) is 10.6 Å². The number of allylic oxidation sites excluding steroid dienone is 5. The van der Waals surface area contributed by atoms with Crippen molar-refractivity contribution in [1.82, 2.24) is 5.32 Å². The maximum atomic E-state index is 12.3. The quantitative estimate of drug-likeness (QED) is 0.0998.